The van der Waals surface area contributed by atoms with Gasteiger partial charge in [0.2, 0.25) is 5.92 Å². The second kappa shape index (κ2) is 12.1. The minimum atomic E-state index is -2.64. The molecular weight excluding hydrogens is 452 g/mol. The molecule has 6 nitrogen and oxygen atoms in total. The first kappa shape index (κ1) is 27.5. The van der Waals surface area contributed by atoms with Crippen molar-refractivity contribution in [2.75, 3.05) is 20.3 Å². The van der Waals surface area contributed by atoms with E-state index in [1.165, 1.54) is 7.11 Å². The Kier molecular flexibility index (Phi) is 10.1. The van der Waals surface area contributed by atoms with Crippen LogP contribution in [0, 0.1) is 6.92 Å². The standard InChI is InChI=1S/C24H37F2NO5S/c1-18-9-10-21(33(29)30-5)20(17-18)31-16-8-6-7-15-27(22(28)32-23(2,3)4)19-11-13-24(25,26)14-12-19/h9-10,17,19H,6-8,11-16H2,1-5H3. The van der Waals surface area contributed by atoms with Crippen molar-refractivity contribution in [2.45, 2.75) is 95.1 Å². The van der Waals surface area contributed by atoms with Crippen LogP contribution in [0.15, 0.2) is 23.1 Å². The molecule has 1 aliphatic carbocycles. The van der Waals surface area contributed by atoms with Gasteiger partial charge in [-0.1, -0.05) is 6.07 Å². The van der Waals surface area contributed by atoms with Crippen LogP contribution in [0.4, 0.5) is 13.6 Å². The van der Waals surface area contributed by atoms with Crippen LogP contribution in [-0.2, 0) is 20.0 Å². The van der Waals surface area contributed by atoms with Gasteiger partial charge in [-0.05, 0) is 77.5 Å². The highest BCUT2D eigenvalue weighted by Crippen LogP contribution is 2.35. The summed E-state index contributed by atoms with van der Waals surface area (Å²) >= 11 is -1.58. The molecule has 33 heavy (non-hydrogen) atoms. The monoisotopic (exact) mass is 489 g/mol. The van der Waals surface area contributed by atoms with Crippen LogP contribution in [0.2, 0.25) is 0 Å². The van der Waals surface area contributed by atoms with Crippen LogP contribution in [-0.4, -0.2) is 53.0 Å². The van der Waals surface area contributed by atoms with Crippen molar-refractivity contribution in [2.24, 2.45) is 0 Å². The van der Waals surface area contributed by atoms with E-state index < -0.39 is 28.7 Å². The first-order valence-corrected chi connectivity index (χ1v) is 12.6. The number of alkyl halides is 2. The molecule has 0 N–H and O–H groups in total. The Hall–Kier alpha value is -1.74. The smallest absolute Gasteiger partial charge is 0.410 e. The Labute approximate surface area is 198 Å². The zero-order valence-electron chi connectivity index (χ0n) is 20.3. The molecule has 1 amide bonds. The van der Waals surface area contributed by atoms with E-state index in [-0.39, 0.29) is 31.7 Å². The number of benzene rings is 1. The summed E-state index contributed by atoms with van der Waals surface area (Å²) in [5.41, 5.74) is 0.350. The van der Waals surface area contributed by atoms with Crippen molar-refractivity contribution >= 4 is 17.2 Å². The molecule has 188 valence electrons. The summed E-state index contributed by atoms with van der Waals surface area (Å²) in [7, 11) is 1.38. The third kappa shape index (κ3) is 9.20. The molecule has 1 unspecified atom stereocenters. The highest BCUT2D eigenvalue weighted by Gasteiger charge is 2.39. The lowest BCUT2D eigenvalue weighted by Gasteiger charge is -2.37. The van der Waals surface area contributed by atoms with Gasteiger partial charge in [0.25, 0.3) is 0 Å². The van der Waals surface area contributed by atoms with Gasteiger partial charge in [-0.3, -0.25) is 4.18 Å². The maximum Gasteiger partial charge on any atom is 0.410 e. The number of ether oxygens (including phenoxy) is 2. The fourth-order valence-corrected chi connectivity index (χ4v) is 4.42. The summed E-state index contributed by atoms with van der Waals surface area (Å²) in [5, 5.41) is 0. The molecule has 1 aliphatic rings. The normalized spacial score (nSPS) is 17.4. The number of amides is 1. The van der Waals surface area contributed by atoms with Gasteiger partial charge in [-0.15, -0.1) is 0 Å². The van der Waals surface area contributed by atoms with Gasteiger partial charge >= 0.3 is 6.09 Å². The average Bonchev–Trinajstić information content (AvgIpc) is 2.72. The molecule has 2 rings (SSSR count). The summed E-state index contributed by atoms with van der Waals surface area (Å²) in [4.78, 5) is 14.9. The number of rotatable bonds is 10. The first-order chi connectivity index (χ1) is 15.4. The predicted molar refractivity (Wildman–Crippen MR) is 124 cm³/mol. The second-order valence-corrected chi connectivity index (χ2v) is 10.8. The fourth-order valence-electron chi connectivity index (χ4n) is 3.78. The van der Waals surface area contributed by atoms with Crippen molar-refractivity contribution in [3.05, 3.63) is 23.8 Å². The number of hydrogen-bond donors (Lipinski definition) is 0. The quantitative estimate of drug-likeness (QED) is 0.376. The van der Waals surface area contributed by atoms with Crippen LogP contribution < -0.4 is 4.74 Å². The molecule has 0 radical (unpaired) electrons. The van der Waals surface area contributed by atoms with Gasteiger partial charge in [0.05, 0.1) is 13.7 Å². The van der Waals surface area contributed by atoms with Crippen LogP contribution >= 0.6 is 0 Å². The first-order valence-electron chi connectivity index (χ1n) is 11.5. The van der Waals surface area contributed by atoms with Crippen molar-refractivity contribution in [1.82, 2.24) is 4.90 Å². The van der Waals surface area contributed by atoms with Crippen molar-refractivity contribution in [3.63, 3.8) is 0 Å². The Bertz CT molecular complexity index is 803. The summed E-state index contributed by atoms with van der Waals surface area (Å²) in [6.07, 6.45) is 1.94. The maximum absolute atomic E-state index is 13.6. The zero-order chi connectivity index (χ0) is 24.6. The lowest BCUT2D eigenvalue weighted by molar-refractivity contribution is -0.0571. The molecule has 0 aromatic heterocycles. The molecule has 0 heterocycles. The molecule has 1 saturated carbocycles. The van der Waals surface area contributed by atoms with Crippen molar-refractivity contribution in [3.8, 4) is 5.75 Å². The van der Waals surface area contributed by atoms with Crippen LogP contribution in [0.1, 0.15) is 71.3 Å². The maximum atomic E-state index is 13.6. The molecule has 0 bridgehead atoms. The lowest BCUT2D eigenvalue weighted by Crippen LogP contribution is -2.46. The van der Waals surface area contributed by atoms with E-state index in [2.05, 4.69) is 0 Å². The third-order valence-electron chi connectivity index (χ3n) is 5.49. The molecule has 0 spiro atoms. The average molecular weight is 490 g/mol. The number of unbranched alkanes of at least 4 members (excludes halogenated alkanes) is 2. The SMILES string of the molecule is COS(=O)c1ccc(C)cc1OCCCCCN(C(=O)OC(C)(C)C)C1CCC(F)(F)CC1. The Morgan fingerprint density at radius 2 is 1.85 bits per heavy atom. The van der Waals surface area contributed by atoms with Crippen LogP contribution in [0.25, 0.3) is 0 Å². The van der Waals surface area contributed by atoms with Gasteiger partial charge < -0.3 is 14.4 Å². The zero-order valence-corrected chi connectivity index (χ0v) is 21.1. The van der Waals surface area contributed by atoms with Gasteiger partial charge in [0.1, 0.15) is 16.2 Å². The summed E-state index contributed by atoms with van der Waals surface area (Å²) in [6.45, 7) is 8.20. The number of halogens is 2. The Morgan fingerprint density at radius 1 is 1.18 bits per heavy atom. The van der Waals surface area contributed by atoms with Crippen LogP contribution in [0.5, 0.6) is 5.75 Å². The van der Waals surface area contributed by atoms with Gasteiger partial charge in [-0.2, -0.15) is 0 Å². The van der Waals surface area contributed by atoms with E-state index in [1.807, 2.05) is 19.1 Å². The Balaban J connectivity index is 1.87. The highest BCUT2D eigenvalue weighted by molar-refractivity contribution is 7.80. The molecule has 0 aliphatic heterocycles. The Morgan fingerprint density at radius 3 is 2.45 bits per heavy atom. The lowest BCUT2D eigenvalue weighted by atomic mass is 9.91. The number of nitrogens with zero attached hydrogens (tertiary/aromatic N) is 1. The predicted octanol–water partition coefficient (Wildman–Crippen LogP) is 6.03. The molecular formula is C24H37F2NO5S. The summed E-state index contributed by atoms with van der Waals surface area (Å²) < 4.78 is 55.5. The largest absolute Gasteiger partial charge is 0.492 e. The molecule has 9 heteroatoms. The van der Waals surface area contributed by atoms with E-state index in [9.17, 15) is 17.8 Å². The van der Waals surface area contributed by atoms with Gasteiger partial charge in [-0.25, -0.2) is 17.8 Å². The number of carbonyl (C=O) groups is 1. The molecule has 1 fully saturated rings. The summed E-state index contributed by atoms with van der Waals surface area (Å²) in [5.74, 6) is -2.11. The highest BCUT2D eigenvalue weighted by atomic mass is 32.2. The fraction of sp³-hybridized carbons (Fsp3) is 0.708. The van der Waals surface area contributed by atoms with Crippen molar-refractivity contribution < 1.29 is 31.4 Å². The molecule has 0 saturated heterocycles. The van der Waals surface area contributed by atoms with Crippen molar-refractivity contribution in [1.29, 1.82) is 0 Å². The van der Waals surface area contributed by atoms with E-state index in [4.69, 9.17) is 13.7 Å². The third-order valence-corrected chi connectivity index (χ3v) is 6.49. The molecule has 1 atom stereocenters. The van der Waals surface area contributed by atoms with E-state index in [0.29, 0.717) is 30.2 Å². The van der Waals surface area contributed by atoms with Crippen LogP contribution in [0.3, 0.4) is 0 Å². The van der Waals surface area contributed by atoms with E-state index in [0.717, 1.165) is 18.4 Å². The topological polar surface area (TPSA) is 65.1 Å². The number of hydrogen-bond acceptors (Lipinski definition) is 5. The van der Waals surface area contributed by atoms with Gasteiger partial charge in [0, 0.05) is 25.4 Å². The minimum Gasteiger partial charge on any atom is -0.492 e. The minimum absolute atomic E-state index is 0.202. The molecule has 1 aromatic rings. The number of aryl methyl sites for hydroxylation is 1. The second-order valence-electron chi connectivity index (χ2n) is 9.52. The van der Waals surface area contributed by atoms with Gasteiger partial charge in [0.15, 0.2) is 11.1 Å². The van der Waals surface area contributed by atoms with E-state index >= 15 is 0 Å². The molecule has 1 aromatic carbocycles. The summed E-state index contributed by atoms with van der Waals surface area (Å²) in [6, 6.07) is 5.19. The number of carbonyl (C=O) groups excluding carboxylic acids is 1. The van der Waals surface area contributed by atoms with E-state index in [1.54, 1.807) is 31.7 Å².